The van der Waals surface area contributed by atoms with E-state index in [-0.39, 0.29) is 6.61 Å². The van der Waals surface area contributed by atoms with Crippen molar-refractivity contribution in [2.45, 2.75) is 25.8 Å². The number of ether oxygens (including phenoxy) is 1. The molecule has 0 aliphatic rings. The van der Waals surface area contributed by atoms with Gasteiger partial charge in [0.05, 0.1) is 6.61 Å². The number of hydrogen-bond acceptors (Lipinski definition) is 3. The first-order chi connectivity index (χ1) is 9.43. The second-order valence-electron chi connectivity index (χ2n) is 4.72. The Morgan fingerprint density at radius 1 is 1.25 bits per heavy atom. The Morgan fingerprint density at radius 3 is 2.30 bits per heavy atom. The molecule has 0 fully saturated rings. The van der Waals surface area contributed by atoms with E-state index >= 15 is 0 Å². The van der Waals surface area contributed by atoms with Gasteiger partial charge in [-0.3, -0.25) is 0 Å². The van der Waals surface area contributed by atoms with Gasteiger partial charge in [-0.25, -0.2) is 9.59 Å². The summed E-state index contributed by atoms with van der Waals surface area (Å²) in [5, 5.41) is 13.8. The highest BCUT2D eigenvalue weighted by Crippen LogP contribution is 2.16. The van der Waals surface area contributed by atoms with Crippen LogP contribution in [0.2, 0.25) is 0 Å². The van der Waals surface area contributed by atoms with Crippen LogP contribution in [0.15, 0.2) is 24.3 Å². The Labute approximate surface area is 118 Å². The minimum atomic E-state index is -1.14. The van der Waals surface area contributed by atoms with Crippen LogP contribution in [0.3, 0.4) is 0 Å². The van der Waals surface area contributed by atoms with E-state index in [4.69, 9.17) is 9.84 Å². The smallest absolute Gasteiger partial charge is 0.328 e. The Kier molecular flexibility index (Phi) is 5.99. The number of carbonyl (C=O) groups is 2. The van der Waals surface area contributed by atoms with E-state index in [1.807, 2.05) is 12.1 Å². The summed E-state index contributed by atoms with van der Waals surface area (Å²) in [7, 11) is 1.38. The average molecular weight is 280 g/mol. The number of carboxylic acids is 1. The topological polar surface area (TPSA) is 87.7 Å². The number of carboxylic acid groups (broad SMARTS) is 1. The lowest BCUT2D eigenvalue weighted by Crippen LogP contribution is -2.45. The Hall–Kier alpha value is -2.08. The van der Waals surface area contributed by atoms with Crippen LogP contribution in [0.25, 0.3) is 0 Å². The first-order valence-electron chi connectivity index (χ1n) is 6.33. The highest BCUT2D eigenvalue weighted by molar-refractivity contribution is 5.92. The van der Waals surface area contributed by atoms with Crippen LogP contribution in [0, 0.1) is 0 Å². The zero-order valence-electron chi connectivity index (χ0n) is 11.8. The molecular formula is C14H20N2O4. The van der Waals surface area contributed by atoms with Gasteiger partial charge in [-0.15, -0.1) is 0 Å². The number of hydrogen-bond donors (Lipinski definition) is 3. The number of rotatable bonds is 6. The molecule has 2 amide bonds. The number of benzene rings is 1. The molecule has 3 N–H and O–H groups in total. The summed E-state index contributed by atoms with van der Waals surface area (Å²) < 4.78 is 4.74. The van der Waals surface area contributed by atoms with Crippen molar-refractivity contribution in [2.75, 3.05) is 19.0 Å². The van der Waals surface area contributed by atoms with Gasteiger partial charge in [-0.1, -0.05) is 26.0 Å². The van der Waals surface area contributed by atoms with Gasteiger partial charge >= 0.3 is 12.0 Å². The van der Waals surface area contributed by atoms with Crippen molar-refractivity contribution in [2.24, 2.45) is 0 Å². The zero-order valence-corrected chi connectivity index (χ0v) is 11.8. The molecule has 0 aliphatic heterocycles. The van der Waals surface area contributed by atoms with E-state index in [0.29, 0.717) is 11.6 Å². The average Bonchev–Trinajstić information content (AvgIpc) is 2.38. The molecule has 0 bridgehead atoms. The van der Waals surface area contributed by atoms with Crippen LogP contribution < -0.4 is 10.6 Å². The molecule has 0 aliphatic carbocycles. The van der Waals surface area contributed by atoms with E-state index in [1.165, 1.54) is 12.7 Å². The van der Waals surface area contributed by atoms with Gasteiger partial charge in [0, 0.05) is 12.8 Å². The summed E-state index contributed by atoms with van der Waals surface area (Å²) in [5.41, 5.74) is 1.77. The first-order valence-corrected chi connectivity index (χ1v) is 6.33. The third-order valence-corrected chi connectivity index (χ3v) is 2.77. The fourth-order valence-corrected chi connectivity index (χ4v) is 1.62. The predicted molar refractivity (Wildman–Crippen MR) is 76.0 cm³/mol. The molecule has 0 aromatic heterocycles. The van der Waals surface area contributed by atoms with Gasteiger partial charge in [0.15, 0.2) is 6.04 Å². The summed E-state index contributed by atoms with van der Waals surface area (Å²) in [4.78, 5) is 22.6. The molecule has 0 saturated carbocycles. The second kappa shape index (κ2) is 7.49. The number of amides is 2. The van der Waals surface area contributed by atoms with Crippen LogP contribution >= 0.6 is 0 Å². The number of aliphatic carboxylic acids is 1. The van der Waals surface area contributed by atoms with Crippen LogP contribution in [-0.4, -0.2) is 36.9 Å². The SMILES string of the molecule is COCC(NC(=O)Nc1ccc(C(C)C)cc1)C(=O)O. The van der Waals surface area contributed by atoms with Gasteiger partial charge in [0.25, 0.3) is 0 Å². The van der Waals surface area contributed by atoms with E-state index < -0.39 is 18.0 Å². The van der Waals surface area contributed by atoms with Crippen molar-refractivity contribution in [3.63, 3.8) is 0 Å². The van der Waals surface area contributed by atoms with Crippen molar-refractivity contribution in [3.8, 4) is 0 Å². The molecule has 0 radical (unpaired) electrons. The highest BCUT2D eigenvalue weighted by atomic mass is 16.5. The molecular weight excluding hydrogens is 260 g/mol. The van der Waals surface area contributed by atoms with Crippen LogP contribution in [0.4, 0.5) is 10.5 Å². The molecule has 0 heterocycles. The highest BCUT2D eigenvalue weighted by Gasteiger charge is 2.19. The molecule has 6 nitrogen and oxygen atoms in total. The lowest BCUT2D eigenvalue weighted by Gasteiger charge is -2.14. The minimum Gasteiger partial charge on any atom is -0.480 e. The summed E-state index contributed by atoms with van der Waals surface area (Å²) in [6, 6.07) is 5.75. The van der Waals surface area contributed by atoms with Crippen LogP contribution in [0.1, 0.15) is 25.3 Å². The zero-order chi connectivity index (χ0) is 15.1. The molecule has 110 valence electrons. The van der Waals surface area contributed by atoms with Crippen LogP contribution in [0.5, 0.6) is 0 Å². The lowest BCUT2D eigenvalue weighted by atomic mass is 10.0. The van der Waals surface area contributed by atoms with E-state index in [2.05, 4.69) is 24.5 Å². The second-order valence-corrected chi connectivity index (χ2v) is 4.72. The van der Waals surface area contributed by atoms with Crippen molar-refractivity contribution in [1.29, 1.82) is 0 Å². The fourth-order valence-electron chi connectivity index (χ4n) is 1.62. The molecule has 0 saturated heterocycles. The molecule has 1 rings (SSSR count). The van der Waals surface area contributed by atoms with Gasteiger partial charge in [0.2, 0.25) is 0 Å². The fraction of sp³-hybridized carbons (Fsp3) is 0.429. The van der Waals surface area contributed by atoms with Gasteiger partial charge in [0.1, 0.15) is 0 Å². The number of methoxy groups -OCH3 is 1. The molecule has 1 aromatic carbocycles. The van der Waals surface area contributed by atoms with E-state index in [1.54, 1.807) is 12.1 Å². The molecule has 1 atom stereocenters. The van der Waals surface area contributed by atoms with Gasteiger partial charge in [-0.05, 0) is 23.6 Å². The third kappa shape index (κ3) is 4.89. The maximum atomic E-state index is 11.7. The van der Waals surface area contributed by atoms with Crippen molar-refractivity contribution < 1.29 is 19.4 Å². The largest absolute Gasteiger partial charge is 0.480 e. The van der Waals surface area contributed by atoms with Crippen molar-refractivity contribution in [3.05, 3.63) is 29.8 Å². The Bertz CT molecular complexity index is 457. The third-order valence-electron chi connectivity index (χ3n) is 2.77. The normalized spacial score (nSPS) is 12.0. The minimum absolute atomic E-state index is 0.0883. The summed E-state index contributed by atoms with van der Waals surface area (Å²) in [5.74, 6) is -0.729. The predicted octanol–water partition coefficient (Wildman–Crippen LogP) is 2.03. The molecule has 1 aromatic rings. The van der Waals surface area contributed by atoms with Crippen molar-refractivity contribution >= 4 is 17.7 Å². The Morgan fingerprint density at radius 2 is 1.85 bits per heavy atom. The lowest BCUT2D eigenvalue weighted by molar-refractivity contribution is -0.140. The van der Waals surface area contributed by atoms with Gasteiger partial charge in [-0.2, -0.15) is 0 Å². The summed E-state index contributed by atoms with van der Waals surface area (Å²) >= 11 is 0. The quantitative estimate of drug-likeness (QED) is 0.744. The molecule has 1 unspecified atom stereocenters. The van der Waals surface area contributed by atoms with Crippen molar-refractivity contribution in [1.82, 2.24) is 5.32 Å². The maximum absolute atomic E-state index is 11.7. The summed E-state index contributed by atoms with van der Waals surface area (Å²) in [6.07, 6.45) is 0. The number of anilines is 1. The Balaban J connectivity index is 2.59. The van der Waals surface area contributed by atoms with E-state index in [9.17, 15) is 9.59 Å². The standard InChI is InChI=1S/C14H20N2O4/c1-9(2)10-4-6-11(7-5-10)15-14(19)16-12(8-20-3)13(17)18/h4-7,9,12H,8H2,1-3H3,(H,17,18)(H2,15,16,19). The van der Waals surface area contributed by atoms with E-state index in [0.717, 1.165) is 0 Å². The number of carbonyl (C=O) groups excluding carboxylic acids is 1. The first kappa shape index (κ1) is 16.0. The molecule has 0 spiro atoms. The van der Waals surface area contributed by atoms with Gasteiger partial charge < -0.3 is 20.5 Å². The molecule has 20 heavy (non-hydrogen) atoms. The van der Waals surface area contributed by atoms with Crippen LogP contribution in [-0.2, 0) is 9.53 Å². The molecule has 6 heteroatoms. The number of urea groups is 1. The summed E-state index contributed by atoms with van der Waals surface area (Å²) in [6.45, 7) is 4.07. The monoisotopic (exact) mass is 280 g/mol. The number of nitrogens with one attached hydrogen (secondary N) is 2. The maximum Gasteiger partial charge on any atom is 0.328 e.